The average Bonchev–Trinajstić information content (AvgIpc) is 3.06. The molecule has 6 heteroatoms. The fraction of sp³-hybridized carbons (Fsp3) is 0.300. The number of anilines is 2. The summed E-state index contributed by atoms with van der Waals surface area (Å²) in [7, 11) is 0. The average molecular weight is 338 g/mol. The number of halogens is 3. The van der Waals surface area contributed by atoms with Gasteiger partial charge in [0.05, 0.1) is 14.9 Å². The van der Waals surface area contributed by atoms with Gasteiger partial charge in [-0.2, -0.15) is 0 Å². The van der Waals surface area contributed by atoms with Gasteiger partial charge in [0.2, 0.25) is 5.91 Å². The van der Waals surface area contributed by atoms with Gasteiger partial charge < -0.3 is 11.1 Å². The van der Waals surface area contributed by atoms with Crippen LogP contribution in [0.25, 0.3) is 0 Å². The second-order valence-corrected chi connectivity index (χ2v) is 4.79. The van der Waals surface area contributed by atoms with E-state index in [0.717, 1.165) is 18.9 Å². The molecule has 3 N–H and O–H groups in total. The number of benzene rings is 1. The zero-order chi connectivity index (χ0) is 11.9. The van der Waals surface area contributed by atoms with Crippen molar-refractivity contribution in [2.24, 2.45) is 5.92 Å². The molecule has 86 valence electrons. The van der Waals surface area contributed by atoms with Crippen molar-refractivity contribution in [3.63, 3.8) is 0 Å². The van der Waals surface area contributed by atoms with Crippen LogP contribution in [0.3, 0.4) is 0 Å². The largest absolute Gasteiger partial charge is 0.395 e. The molecule has 0 atom stereocenters. The van der Waals surface area contributed by atoms with E-state index < -0.39 is 11.6 Å². The summed E-state index contributed by atoms with van der Waals surface area (Å²) in [5, 5.41) is 2.43. The molecule has 0 aromatic heterocycles. The summed E-state index contributed by atoms with van der Waals surface area (Å²) in [5.41, 5.74) is 5.24. The summed E-state index contributed by atoms with van der Waals surface area (Å²) in [6, 6.07) is 1.04. The molecule has 1 fully saturated rings. The minimum Gasteiger partial charge on any atom is -0.395 e. The van der Waals surface area contributed by atoms with Gasteiger partial charge in [0, 0.05) is 12.0 Å². The van der Waals surface area contributed by atoms with Crippen molar-refractivity contribution >= 4 is 39.9 Å². The van der Waals surface area contributed by atoms with E-state index >= 15 is 0 Å². The molecule has 3 nitrogen and oxygen atoms in total. The minimum atomic E-state index is -0.827. The van der Waals surface area contributed by atoms with Gasteiger partial charge in [0.25, 0.3) is 0 Å². The van der Waals surface area contributed by atoms with E-state index in [4.69, 9.17) is 5.73 Å². The molecule has 0 radical (unpaired) electrons. The van der Waals surface area contributed by atoms with Gasteiger partial charge >= 0.3 is 0 Å². The Kier molecular flexibility index (Phi) is 3.00. The first kappa shape index (κ1) is 11.6. The van der Waals surface area contributed by atoms with E-state index in [1.165, 1.54) is 22.6 Å². The number of amides is 1. The molecular formula is C10H9F2IN2O. The van der Waals surface area contributed by atoms with Crippen LogP contribution < -0.4 is 11.1 Å². The van der Waals surface area contributed by atoms with Crippen LogP contribution in [0.5, 0.6) is 0 Å². The summed E-state index contributed by atoms with van der Waals surface area (Å²) in [4.78, 5) is 11.4. The van der Waals surface area contributed by atoms with E-state index in [9.17, 15) is 13.6 Å². The van der Waals surface area contributed by atoms with Crippen LogP contribution in [0.15, 0.2) is 6.07 Å². The van der Waals surface area contributed by atoms with Crippen LogP contribution in [0.4, 0.5) is 20.2 Å². The molecule has 1 saturated carbocycles. The van der Waals surface area contributed by atoms with Gasteiger partial charge in [-0.3, -0.25) is 4.79 Å². The molecule has 0 aliphatic heterocycles. The molecule has 0 spiro atoms. The SMILES string of the molecule is Nc1c(NC(=O)C2CC2)cc(F)c(I)c1F. The Morgan fingerprint density at radius 3 is 2.69 bits per heavy atom. The molecule has 0 heterocycles. The topological polar surface area (TPSA) is 55.1 Å². The number of nitrogens with two attached hydrogens (primary N) is 1. The molecule has 2 rings (SSSR count). The second-order valence-electron chi connectivity index (χ2n) is 3.71. The summed E-state index contributed by atoms with van der Waals surface area (Å²) >= 11 is 1.53. The van der Waals surface area contributed by atoms with Crippen molar-refractivity contribution in [2.45, 2.75) is 12.8 Å². The van der Waals surface area contributed by atoms with E-state index in [2.05, 4.69) is 5.32 Å². The normalized spacial score (nSPS) is 14.9. The molecule has 1 aromatic carbocycles. The van der Waals surface area contributed by atoms with Crippen molar-refractivity contribution in [2.75, 3.05) is 11.1 Å². The highest BCUT2D eigenvalue weighted by Gasteiger charge is 2.30. The zero-order valence-electron chi connectivity index (χ0n) is 8.19. The first-order chi connectivity index (χ1) is 7.50. The van der Waals surface area contributed by atoms with Crippen LogP contribution in [0, 0.1) is 21.1 Å². The Balaban J connectivity index is 2.29. The van der Waals surface area contributed by atoms with Gasteiger partial charge in [0.1, 0.15) is 5.82 Å². The molecular weight excluding hydrogens is 329 g/mol. The van der Waals surface area contributed by atoms with Crippen molar-refractivity contribution in [3.05, 3.63) is 21.3 Å². The lowest BCUT2D eigenvalue weighted by molar-refractivity contribution is -0.117. The van der Waals surface area contributed by atoms with Crippen molar-refractivity contribution in [3.8, 4) is 0 Å². The lowest BCUT2D eigenvalue weighted by Gasteiger charge is -2.10. The third kappa shape index (κ3) is 2.11. The summed E-state index contributed by atoms with van der Waals surface area (Å²) in [6.45, 7) is 0. The van der Waals surface area contributed by atoms with E-state index in [-0.39, 0.29) is 26.8 Å². The van der Waals surface area contributed by atoms with Gasteiger partial charge in [-0.25, -0.2) is 8.78 Å². The van der Waals surface area contributed by atoms with Gasteiger partial charge in [-0.1, -0.05) is 0 Å². The molecule has 0 bridgehead atoms. The zero-order valence-corrected chi connectivity index (χ0v) is 10.3. The van der Waals surface area contributed by atoms with Crippen LogP contribution in [-0.2, 0) is 4.79 Å². The Morgan fingerprint density at radius 1 is 1.50 bits per heavy atom. The van der Waals surface area contributed by atoms with Crippen LogP contribution in [-0.4, -0.2) is 5.91 Å². The first-order valence-electron chi connectivity index (χ1n) is 4.74. The Morgan fingerprint density at radius 2 is 2.12 bits per heavy atom. The van der Waals surface area contributed by atoms with Crippen LogP contribution in [0.1, 0.15) is 12.8 Å². The monoisotopic (exact) mass is 338 g/mol. The highest BCUT2D eigenvalue weighted by atomic mass is 127. The second kappa shape index (κ2) is 4.15. The van der Waals surface area contributed by atoms with E-state index in [0.29, 0.717) is 0 Å². The number of carbonyl (C=O) groups excluding carboxylic acids is 1. The Bertz CT molecular complexity index is 461. The highest BCUT2D eigenvalue weighted by molar-refractivity contribution is 14.1. The Labute approximate surface area is 105 Å². The maximum atomic E-state index is 13.4. The fourth-order valence-electron chi connectivity index (χ4n) is 1.29. The van der Waals surface area contributed by atoms with Crippen molar-refractivity contribution in [1.29, 1.82) is 0 Å². The summed E-state index contributed by atoms with van der Waals surface area (Å²) < 4.78 is 26.5. The molecule has 1 aliphatic rings. The number of hydrogen-bond donors (Lipinski definition) is 2. The third-order valence-electron chi connectivity index (χ3n) is 2.41. The quantitative estimate of drug-likeness (QED) is 0.495. The molecule has 1 aliphatic carbocycles. The Hall–Kier alpha value is -0.920. The van der Waals surface area contributed by atoms with Gasteiger partial charge in [-0.15, -0.1) is 0 Å². The predicted molar refractivity (Wildman–Crippen MR) is 64.8 cm³/mol. The predicted octanol–water partition coefficient (Wildman–Crippen LogP) is 2.50. The van der Waals surface area contributed by atoms with Crippen molar-refractivity contribution in [1.82, 2.24) is 0 Å². The van der Waals surface area contributed by atoms with E-state index in [1.807, 2.05) is 0 Å². The molecule has 16 heavy (non-hydrogen) atoms. The standard InChI is InChI=1S/C10H9F2IN2O/c11-5-3-6(9(14)7(12)8(5)13)15-10(16)4-1-2-4/h3-4H,1-2,14H2,(H,15,16). The fourth-order valence-corrected chi connectivity index (χ4v) is 1.74. The third-order valence-corrected chi connectivity index (χ3v) is 3.39. The summed E-state index contributed by atoms with van der Waals surface area (Å²) in [5.74, 6) is -1.82. The number of rotatable bonds is 2. The number of carbonyl (C=O) groups is 1. The molecule has 0 unspecified atom stereocenters. The molecule has 1 aromatic rings. The maximum absolute atomic E-state index is 13.4. The smallest absolute Gasteiger partial charge is 0.227 e. The van der Waals surface area contributed by atoms with Crippen LogP contribution >= 0.6 is 22.6 Å². The van der Waals surface area contributed by atoms with Crippen LogP contribution in [0.2, 0.25) is 0 Å². The highest BCUT2D eigenvalue weighted by Crippen LogP contribution is 2.33. The van der Waals surface area contributed by atoms with Gasteiger partial charge in [-0.05, 0) is 35.4 Å². The van der Waals surface area contributed by atoms with E-state index in [1.54, 1.807) is 0 Å². The molecule has 0 saturated heterocycles. The lowest BCUT2D eigenvalue weighted by atomic mass is 10.2. The maximum Gasteiger partial charge on any atom is 0.227 e. The minimum absolute atomic E-state index is 0.00677. The van der Waals surface area contributed by atoms with Crippen molar-refractivity contribution < 1.29 is 13.6 Å². The summed E-state index contributed by atoms with van der Waals surface area (Å²) in [6.07, 6.45) is 1.64. The lowest BCUT2D eigenvalue weighted by Crippen LogP contribution is -2.15. The number of hydrogen-bond acceptors (Lipinski definition) is 2. The molecule has 1 amide bonds. The number of nitrogens with one attached hydrogen (secondary N) is 1. The first-order valence-corrected chi connectivity index (χ1v) is 5.82. The number of nitrogen functional groups attached to an aromatic ring is 1. The van der Waals surface area contributed by atoms with Gasteiger partial charge in [0.15, 0.2) is 5.82 Å².